The van der Waals surface area contributed by atoms with Crippen molar-refractivity contribution in [2.24, 2.45) is 5.92 Å². The van der Waals surface area contributed by atoms with E-state index >= 15 is 0 Å². The average molecular weight is 274 g/mol. The quantitative estimate of drug-likeness (QED) is 0.554. The van der Waals surface area contributed by atoms with Crippen molar-refractivity contribution in [1.82, 2.24) is 0 Å². The van der Waals surface area contributed by atoms with E-state index in [-0.39, 0.29) is 0 Å². The van der Waals surface area contributed by atoms with Gasteiger partial charge in [-0.25, -0.2) is 0 Å². The molecule has 1 rings (SSSR count). The van der Waals surface area contributed by atoms with Gasteiger partial charge in [-0.3, -0.25) is 4.79 Å². The molecule has 0 heterocycles. The van der Waals surface area contributed by atoms with Gasteiger partial charge < -0.3 is 0 Å². The molecule has 1 heteroatoms. The first-order valence-corrected chi connectivity index (χ1v) is 8.01. The number of carbonyl (C=O) groups excluding carboxylic acids is 1. The Morgan fingerprint density at radius 1 is 0.850 bits per heavy atom. The highest BCUT2D eigenvalue weighted by atomic mass is 16.1. The van der Waals surface area contributed by atoms with Gasteiger partial charge in [0.15, 0.2) is 0 Å². The van der Waals surface area contributed by atoms with Gasteiger partial charge >= 0.3 is 0 Å². The third kappa shape index (κ3) is 6.88. The third-order valence-electron chi connectivity index (χ3n) is 4.09. The minimum absolute atomic E-state index is 0.372. The number of ketones is 1. The summed E-state index contributed by atoms with van der Waals surface area (Å²) in [4.78, 5) is 11.9. The second kappa shape index (κ2) is 8.94. The molecule has 0 atom stereocenters. The zero-order chi connectivity index (χ0) is 15.0. The summed E-state index contributed by atoms with van der Waals surface area (Å²) in [5, 5.41) is 0. The lowest BCUT2D eigenvalue weighted by Gasteiger charge is -2.12. The molecule has 1 aliphatic rings. The van der Waals surface area contributed by atoms with Crippen LogP contribution in [0.3, 0.4) is 0 Å². The molecule has 0 aromatic carbocycles. The lowest BCUT2D eigenvalue weighted by molar-refractivity contribution is -0.118. The molecule has 0 radical (unpaired) electrons. The molecule has 0 spiro atoms. The molecule has 0 amide bonds. The number of hydrogen-bond donors (Lipinski definition) is 0. The lowest BCUT2D eigenvalue weighted by atomic mass is 9.93. The third-order valence-corrected chi connectivity index (χ3v) is 4.09. The van der Waals surface area contributed by atoms with Crippen molar-refractivity contribution in [2.75, 3.05) is 0 Å². The second-order valence-electron chi connectivity index (χ2n) is 6.35. The summed E-state index contributed by atoms with van der Waals surface area (Å²) >= 11 is 0. The fraction of sp³-hybridized carbons (Fsp3) is 0.632. The van der Waals surface area contributed by atoms with E-state index in [4.69, 9.17) is 0 Å². The largest absolute Gasteiger partial charge is 0.299 e. The monoisotopic (exact) mass is 274 g/mol. The van der Waals surface area contributed by atoms with Crippen LogP contribution in [0.15, 0.2) is 34.9 Å². The Hall–Kier alpha value is -1.11. The maximum atomic E-state index is 11.9. The summed E-state index contributed by atoms with van der Waals surface area (Å²) in [6.07, 6.45) is 13.5. The van der Waals surface area contributed by atoms with Crippen LogP contribution >= 0.6 is 0 Å². The molecule has 0 bridgehead atoms. The lowest BCUT2D eigenvalue weighted by Crippen LogP contribution is -2.00. The van der Waals surface area contributed by atoms with Crippen LogP contribution in [0.2, 0.25) is 0 Å². The van der Waals surface area contributed by atoms with Crippen LogP contribution in [-0.4, -0.2) is 5.78 Å². The van der Waals surface area contributed by atoms with Gasteiger partial charge in [-0.1, -0.05) is 48.8 Å². The molecule has 0 N–H and O–H groups in total. The number of hydrogen-bond acceptors (Lipinski definition) is 1. The molecular formula is C19H30O. The van der Waals surface area contributed by atoms with Crippen molar-refractivity contribution < 1.29 is 4.79 Å². The van der Waals surface area contributed by atoms with E-state index in [0.29, 0.717) is 24.5 Å². The molecular weight excluding hydrogens is 244 g/mol. The molecule has 0 fully saturated rings. The number of Topliss-reactive ketones (excluding diaryl/α,β-unsaturated/α-hetero) is 1. The smallest absolute Gasteiger partial charge is 0.136 e. The fourth-order valence-electron chi connectivity index (χ4n) is 2.54. The van der Waals surface area contributed by atoms with Gasteiger partial charge in [-0.05, 0) is 51.9 Å². The molecule has 0 aliphatic heterocycles. The number of carbonyl (C=O) groups is 1. The van der Waals surface area contributed by atoms with E-state index in [1.54, 1.807) is 0 Å². The van der Waals surface area contributed by atoms with Gasteiger partial charge in [0.05, 0.1) is 0 Å². The van der Waals surface area contributed by atoms with Gasteiger partial charge in [-0.2, -0.15) is 0 Å². The minimum atomic E-state index is 0.372. The normalized spacial score (nSPS) is 27.9. The van der Waals surface area contributed by atoms with Crippen molar-refractivity contribution in [2.45, 2.75) is 72.6 Å². The van der Waals surface area contributed by atoms with E-state index in [2.05, 4.69) is 45.9 Å². The van der Waals surface area contributed by atoms with Crippen molar-refractivity contribution in [1.29, 1.82) is 0 Å². The maximum Gasteiger partial charge on any atom is 0.136 e. The van der Waals surface area contributed by atoms with Gasteiger partial charge in [0, 0.05) is 12.8 Å². The first-order valence-electron chi connectivity index (χ1n) is 8.01. The fourth-order valence-corrected chi connectivity index (χ4v) is 2.54. The van der Waals surface area contributed by atoms with E-state index < -0.39 is 0 Å². The van der Waals surface area contributed by atoms with Gasteiger partial charge in [0.25, 0.3) is 0 Å². The Balaban J connectivity index is 2.78. The molecule has 0 unspecified atom stereocenters. The minimum Gasteiger partial charge on any atom is -0.299 e. The average Bonchev–Trinajstić information content (AvgIpc) is 2.37. The second-order valence-corrected chi connectivity index (χ2v) is 6.35. The number of allylic oxidation sites excluding steroid dienone is 6. The van der Waals surface area contributed by atoms with Crippen molar-refractivity contribution in [3.63, 3.8) is 0 Å². The van der Waals surface area contributed by atoms with E-state index in [1.165, 1.54) is 16.7 Å². The summed E-state index contributed by atoms with van der Waals surface area (Å²) in [5.74, 6) is 0.919. The zero-order valence-corrected chi connectivity index (χ0v) is 13.7. The van der Waals surface area contributed by atoms with Crippen LogP contribution in [0.1, 0.15) is 72.6 Å². The van der Waals surface area contributed by atoms with Crippen molar-refractivity contribution in [3.05, 3.63) is 34.9 Å². The number of rotatable bonds is 1. The highest BCUT2D eigenvalue weighted by Crippen LogP contribution is 2.21. The summed E-state index contributed by atoms with van der Waals surface area (Å²) in [6, 6.07) is 0. The Bertz CT molecular complexity index is 407. The maximum absolute atomic E-state index is 11.9. The zero-order valence-electron chi connectivity index (χ0n) is 13.7. The summed E-state index contributed by atoms with van der Waals surface area (Å²) in [7, 11) is 0. The van der Waals surface area contributed by atoms with Gasteiger partial charge in [-0.15, -0.1) is 0 Å². The van der Waals surface area contributed by atoms with Crippen LogP contribution in [0.4, 0.5) is 0 Å². The standard InChI is InChI=1S/C19H30O/c1-15(2)18-12-11-17(4)8-5-7-16(3)9-6-10-19(20)14-13-18/h8-9,13,15H,5-7,10-12,14H2,1-4H3/b16-9+,17-8-,18-13+. The van der Waals surface area contributed by atoms with Crippen LogP contribution in [0.25, 0.3) is 0 Å². The van der Waals surface area contributed by atoms with E-state index in [1.807, 2.05) is 0 Å². The van der Waals surface area contributed by atoms with Crippen molar-refractivity contribution in [3.8, 4) is 0 Å². The van der Waals surface area contributed by atoms with Crippen LogP contribution in [0.5, 0.6) is 0 Å². The molecule has 0 aromatic heterocycles. The molecule has 0 saturated heterocycles. The SMILES string of the molecule is C/C1=C/CC/C(C)=C/CCC(=O)C/C=C(/C(C)C)CC1. The molecule has 1 nitrogen and oxygen atoms in total. The molecule has 1 aliphatic carbocycles. The Kier molecular flexibility index (Phi) is 7.58. The first-order chi connectivity index (χ1) is 9.49. The molecule has 0 saturated carbocycles. The van der Waals surface area contributed by atoms with Crippen molar-refractivity contribution >= 4 is 5.78 Å². The Labute approximate surface area is 124 Å². The Morgan fingerprint density at radius 3 is 2.10 bits per heavy atom. The predicted octanol–water partition coefficient (Wildman–Crippen LogP) is 5.77. The van der Waals surface area contributed by atoms with Crippen LogP contribution < -0.4 is 0 Å². The van der Waals surface area contributed by atoms with Gasteiger partial charge in [0.2, 0.25) is 0 Å². The van der Waals surface area contributed by atoms with Gasteiger partial charge in [0.1, 0.15) is 5.78 Å². The predicted molar refractivity (Wildman–Crippen MR) is 87.8 cm³/mol. The van der Waals surface area contributed by atoms with E-state index in [9.17, 15) is 4.79 Å². The highest BCUT2D eigenvalue weighted by Gasteiger charge is 2.06. The van der Waals surface area contributed by atoms with Crippen LogP contribution in [-0.2, 0) is 4.79 Å². The topological polar surface area (TPSA) is 17.1 Å². The summed E-state index contributed by atoms with van der Waals surface area (Å²) in [6.45, 7) is 8.86. The van der Waals surface area contributed by atoms with E-state index in [0.717, 1.165) is 32.1 Å². The first kappa shape index (κ1) is 16.9. The van der Waals surface area contributed by atoms with Crippen LogP contribution in [0, 0.1) is 5.92 Å². The highest BCUT2D eigenvalue weighted by molar-refractivity contribution is 5.80. The summed E-state index contributed by atoms with van der Waals surface area (Å²) < 4.78 is 0. The Morgan fingerprint density at radius 2 is 1.45 bits per heavy atom. The molecule has 20 heavy (non-hydrogen) atoms. The molecule has 0 aromatic rings. The molecule has 112 valence electrons. The summed E-state index contributed by atoms with van der Waals surface area (Å²) in [5.41, 5.74) is 4.33.